The zero-order valence-electron chi connectivity index (χ0n) is 6.98. The lowest BCUT2D eigenvalue weighted by molar-refractivity contribution is 0.376. The highest BCUT2D eigenvalue weighted by Gasteiger charge is 2.16. The molecule has 2 nitrogen and oxygen atoms in total. The van der Waals surface area contributed by atoms with Crippen LogP contribution in [0.25, 0.3) is 0 Å². The second-order valence-corrected chi connectivity index (χ2v) is 3.79. The normalized spacial score (nSPS) is 17.1. The van der Waals surface area contributed by atoms with Gasteiger partial charge >= 0.3 is 0 Å². The van der Waals surface area contributed by atoms with E-state index in [0.717, 1.165) is 29.6 Å². The molecular weight excluding hydrogens is 218 g/mol. The molecule has 0 N–H and O–H groups in total. The fourth-order valence-corrected chi connectivity index (χ4v) is 2.17. The van der Waals surface area contributed by atoms with Gasteiger partial charge in [0.05, 0.1) is 5.69 Å². The standard InChI is InChI=1S/C9H12BrNO/c10-6-8-7-4-2-1-3-5-9(7)12-11-8/h1-6H2. The number of nitrogens with zero attached hydrogens (tertiary/aromatic N) is 1. The SMILES string of the molecule is BrCc1noc2c1CCCCC2. The Morgan fingerprint density at radius 3 is 2.92 bits per heavy atom. The van der Waals surface area contributed by atoms with Crippen molar-refractivity contribution in [3.8, 4) is 0 Å². The van der Waals surface area contributed by atoms with Gasteiger partial charge in [-0.25, -0.2) is 0 Å². The summed E-state index contributed by atoms with van der Waals surface area (Å²) in [6.07, 6.45) is 6.10. The third-order valence-corrected chi connectivity index (χ3v) is 2.94. The monoisotopic (exact) mass is 229 g/mol. The van der Waals surface area contributed by atoms with E-state index in [0.29, 0.717) is 0 Å². The molecule has 1 aliphatic rings. The maximum absolute atomic E-state index is 5.28. The maximum atomic E-state index is 5.28. The van der Waals surface area contributed by atoms with Gasteiger partial charge in [0, 0.05) is 17.3 Å². The summed E-state index contributed by atoms with van der Waals surface area (Å²) in [5.74, 6) is 1.13. The molecule has 0 amide bonds. The van der Waals surface area contributed by atoms with Crippen LogP contribution in [0.15, 0.2) is 4.52 Å². The van der Waals surface area contributed by atoms with Crippen molar-refractivity contribution in [2.24, 2.45) is 0 Å². The molecule has 0 saturated carbocycles. The van der Waals surface area contributed by atoms with Gasteiger partial charge in [-0.1, -0.05) is 27.5 Å². The predicted octanol–water partition coefficient (Wildman–Crippen LogP) is 2.84. The fraction of sp³-hybridized carbons (Fsp3) is 0.667. The summed E-state index contributed by atoms with van der Waals surface area (Å²) < 4.78 is 5.28. The van der Waals surface area contributed by atoms with Crippen molar-refractivity contribution in [2.45, 2.75) is 37.4 Å². The molecule has 0 spiro atoms. The number of aromatic nitrogens is 1. The molecule has 1 aromatic heterocycles. The molecule has 0 aromatic carbocycles. The maximum Gasteiger partial charge on any atom is 0.140 e. The van der Waals surface area contributed by atoms with Gasteiger partial charge in [-0.2, -0.15) is 0 Å². The van der Waals surface area contributed by atoms with Gasteiger partial charge in [0.15, 0.2) is 0 Å². The average molecular weight is 230 g/mol. The molecule has 0 unspecified atom stereocenters. The Hall–Kier alpha value is -0.310. The van der Waals surface area contributed by atoms with Crippen LogP contribution in [-0.2, 0) is 18.2 Å². The van der Waals surface area contributed by atoms with Crippen molar-refractivity contribution in [3.05, 3.63) is 17.0 Å². The molecular formula is C9H12BrNO. The summed E-state index contributed by atoms with van der Waals surface area (Å²) in [4.78, 5) is 0. The molecule has 0 radical (unpaired) electrons. The Morgan fingerprint density at radius 2 is 2.08 bits per heavy atom. The third kappa shape index (κ3) is 1.42. The minimum Gasteiger partial charge on any atom is -0.361 e. The number of rotatable bonds is 1. The Balaban J connectivity index is 2.32. The van der Waals surface area contributed by atoms with Gasteiger partial charge < -0.3 is 4.52 Å². The first-order valence-corrected chi connectivity index (χ1v) is 5.56. The van der Waals surface area contributed by atoms with E-state index in [-0.39, 0.29) is 0 Å². The van der Waals surface area contributed by atoms with E-state index in [1.807, 2.05) is 0 Å². The number of hydrogen-bond donors (Lipinski definition) is 0. The summed E-state index contributed by atoms with van der Waals surface area (Å²) in [5, 5.41) is 4.86. The quantitative estimate of drug-likeness (QED) is 0.547. The topological polar surface area (TPSA) is 26.0 Å². The van der Waals surface area contributed by atoms with Crippen molar-refractivity contribution in [1.82, 2.24) is 5.16 Å². The summed E-state index contributed by atoms with van der Waals surface area (Å²) in [6.45, 7) is 0. The number of alkyl halides is 1. The molecule has 0 bridgehead atoms. The van der Waals surface area contributed by atoms with Gasteiger partial charge in [-0.15, -0.1) is 0 Å². The van der Waals surface area contributed by atoms with Gasteiger partial charge in [0.2, 0.25) is 0 Å². The van der Waals surface area contributed by atoms with Crippen LogP contribution in [0, 0.1) is 0 Å². The fourth-order valence-electron chi connectivity index (χ4n) is 1.73. The molecule has 12 heavy (non-hydrogen) atoms. The average Bonchev–Trinajstić information content (AvgIpc) is 2.33. The second-order valence-electron chi connectivity index (χ2n) is 3.23. The molecule has 1 aromatic rings. The lowest BCUT2D eigenvalue weighted by Gasteiger charge is -1.94. The third-order valence-electron chi connectivity index (χ3n) is 2.41. The zero-order valence-corrected chi connectivity index (χ0v) is 8.56. The van der Waals surface area contributed by atoms with Gasteiger partial charge in [0.25, 0.3) is 0 Å². The summed E-state index contributed by atoms with van der Waals surface area (Å²) >= 11 is 3.42. The minimum absolute atomic E-state index is 0.825. The van der Waals surface area contributed by atoms with Crippen LogP contribution in [0.5, 0.6) is 0 Å². The molecule has 0 aliphatic heterocycles. The van der Waals surface area contributed by atoms with Crippen LogP contribution in [0.1, 0.15) is 36.3 Å². The van der Waals surface area contributed by atoms with E-state index in [1.165, 1.54) is 24.8 Å². The Bertz CT molecular complexity index is 269. The van der Waals surface area contributed by atoms with E-state index in [2.05, 4.69) is 21.1 Å². The lowest BCUT2D eigenvalue weighted by Crippen LogP contribution is -1.89. The molecule has 3 heteroatoms. The van der Waals surface area contributed by atoms with Crippen LogP contribution in [0.3, 0.4) is 0 Å². The number of fused-ring (bicyclic) bond motifs is 1. The van der Waals surface area contributed by atoms with Crippen molar-refractivity contribution in [3.63, 3.8) is 0 Å². The van der Waals surface area contributed by atoms with Crippen LogP contribution >= 0.6 is 15.9 Å². The molecule has 0 atom stereocenters. The summed E-state index contributed by atoms with van der Waals surface area (Å²) in [7, 11) is 0. The Morgan fingerprint density at radius 1 is 1.25 bits per heavy atom. The van der Waals surface area contributed by atoms with E-state index in [1.54, 1.807) is 0 Å². The highest BCUT2D eigenvalue weighted by Crippen LogP contribution is 2.24. The van der Waals surface area contributed by atoms with E-state index < -0.39 is 0 Å². The van der Waals surface area contributed by atoms with Crippen molar-refractivity contribution in [2.75, 3.05) is 0 Å². The van der Waals surface area contributed by atoms with Crippen LogP contribution < -0.4 is 0 Å². The molecule has 0 saturated heterocycles. The smallest absolute Gasteiger partial charge is 0.140 e. The first-order valence-electron chi connectivity index (χ1n) is 4.44. The molecule has 1 heterocycles. The minimum atomic E-state index is 0.825. The summed E-state index contributed by atoms with van der Waals surface area (Å²) in [6, 6.07) is 0. The number of aryl methyl sites for hydroxylation is 1. The van der Waals surface area contributed by atoms with Crippen LogP contribution in [0.2, 0.25) is 0 Å². The van der Waals surface area contributed by atoms with Crippen molar-refractivity contribution in [1.29, 1.82) is 0 Å². The zero-order chi connectivity index (χ0) is 8.39. The number of hydrogen-bond acceptors (Lipinski definition) is 2. The predicted molar refractivity (Wildman–Crippen MR) is 50.4 cm³/mol. The molecule has 66 valence electrons. The van der Waals surface area contributed by atoms with E-state index >= 15 is 0 Å². The molecule has 0 fully saturated rings. The van der Waals surface area contributed by atoms with Crippen molar-refractivity contribution >= 4 is 15.9 Å². The van der Waals surface area contributed by atoms with Gasteiger partial charge in [-0.3, -0.25) is 0 Å². The first kappa shape index (κ1) is 8.30. The summed E-state index contributed by atoms with van der Waals surface area (Å²) in [5.41, 5.74) is 2.47. The first-order chi connectivity index (χ1) is 5.92. The Labute approximate surface area is 80.4 Å². The highest BCUT2D eigenvalue weighted by molar-refractivity contribution is 9.08. The Kier molecular flexibility index (Phi) is 2.49. The number of halogens is 1. The highest BCUT2D eigenvalue weighted by atomic mass is 79.9. The van der Waals surface area contributed by atoms with Gasteiger partial charge in [0.1, 0.15) is 5.76 Å². The van der Waals surface area contributed by atoms with E-state index in [9.17, 15) is 0 Å². The second kappa shape index (κ2) is 3.60. The van der Waals surface area contributed by atoms with Crippen molar-refractivity contribution < 1.29 is 4.52 Å². The van der Waals surface area contributed by atoms with Gasteiger partial charge in [-0.05, 0) is 19.3 Å². The largest absolute Gasteiger partial charge is 0.361 e. The molecule has 2 rings (SSSR count). The van der Waals surface area contributed by atoms with Crippen LogP contribution in [-0.4, -0.2) is 5.16 Å². The molecule has 1 aliphatic carbocycles. The van der Waals surface area contributed by atoms with E-state index in [4.69, 9.17) is 4.52 Å². The van der Waals surface area contributed by atoms with Crippen LogP contribution in [0.4, 0.5) is 0 Å². The lowest BCUT2D eigenvalue weighted by atomic mass is 10.1.